The molecule has 0 spiro atoms. The van der Waals surface area contributed by atoms with E-state index in [9.17, 15) is 4.79 Å². The van der Waals surface area contributed by atoms with Gasteiger partial charge >= 0.3 is 0 Å². The fourth-order valence-corrected chi connectivity index (χ4v) is 3.17. The van der Waals surface area contributed by atoms with Crippen LogP contribution in [0.3, 0.4) is 0 Å². The predicted octanol–water partition coefficient (Wildman–Crippen LogP) is 1.54. The number of fused-ring (bicyclic) bond motifs is 1. The maximum atomic E-state index is 12.0. The van der Waals surface area contributed by atoms with Gasteiger partial charge in [0.15, 0.2) is 0 Å². The summed E-state index contributed by atoms with van der Waals surface area (Å²) in [7, 11) is 0. The molecule has 3 rings (SSSR count). The molecule has 1 fully saturated rings. The molecular weight excluding hydrogens is 292 g/mol. The summed E-state index contributed by atoms with van der Waals surface area (Å²) in [6, 6.07) is 4.04. The highest BCUT2D eigenvalue weighted by atomic mass is 16.2. The average Bonchev–Trinajstić information content (AvgIpc) is 3.02. The van der Waals surface area contributed by atoms with E-state index in [-0.39, 0.29) is 18.4 Å². The van der Waals surface area contributed by atoms with Crippen molar-refractivity contribution >= 4 is 22.8 Å². The van der Waals surface area contributed by atoms with Crippen LogP contribution in [-0.4, -0.2) is 51.4 Å². The summed E-state index contributed by atoms with van der Waals surface area (Å²) in [6.07, 6.45) is 3.36. The molecule has 2 aromatic heterocycles. The van der Waals surface area contributed by atoms with Crippen molar-refractivity contribution < 1.29 is 4.79 Å². The Kier molecular flexibility index (Phi) is 4.15. The Balaban J connectivity index is 1.81. The first-order valence-corrected chi connectivity index (χ1v) is 7.85. The molecule has 120 valence electrons. The molecule has 0 unspecified atom stereocenters. The van der Waals surface area contributed by atoms with Gasteiger partial charge in [0.05, 0.1) is 17.5 Å². The van der Waals surface area contributed by atoms with E-state index in [2.05, 4.69) is 33.7 Å². The van der Waals surface area contributed by atoms with E-state index in [0.29, 0.717) is 12.5 Å². The standard InChI is InChI=1S/C16H20N6O/c1-3-21(16-12-5-7-18-15(12)19-10-20-16)9-13-11(2)8-22(13)14(23)4-6-17/h5,7,10-11,13H,3-4,8-9H2,1-2H3,(H,18,19,20)/t11-,13-/m0/s1. The topological polar surface area (TPSA) is 88.9 Å². The Morgan fingerprint density at radius 3 is 3.09 bits per heavy atom. The number of carbonyl (C=O) groups is 1. The molecule has 0 aromatic carbocycles. The number of nitriles is 1. The zero-order valence-corrected chi connectivity index (χ0v) is 13.4. The van der Waals surface area contributed by atoms with E-state index in [1.54, 1.807) is 6.33 Å². The van der Waals surface area contributed by atoms with Crippen molar-refractivity contribution in [2.75, 3.05) is 24.5 Å². The summed E-state index contributed by atoms with van der Waals surface area (Å²) < 4.78 is 0. The van der Waals surface area contributed by atoms with E-state index >= 15 is 0 Å². The van der Waals surface area contributed by atoms with Crippen LogP contribution in [0.4, 0.5) is 5.82 Å². The molecular formula is C16H20N6O. The van der Waals surface area contributed by atoms with Crippen LogP contribution in [0.2, 0.25) is 0 Å². The first-order valence-electron chi connectivity index (χ1n) is 7.85. The molecule has 1 aliphatic rings. The van der Waals surface area contributed by atoms with Crippen LogP contribution in [0.5, 0.6) is 0 Å². The normalized spacial score (nSPS) is 20.1. The number of H-pyrrole nitrogens is 1. The highest BCUT2D eigenvalue weighted by Gasteiger charge is 2.39. The number of nitrogens with one attached hydrogen (secondary N) is 1. The number of hydrogen-bond acceptors (Lipinski definition) is 5. The highest BCUT2D eigenvalue weighted by Crippen LogP contribution is 2.29. The van der Waals surface area contributed by atoms with Gasteiger partial charge in [-0.2, -0.15) is 5.26 Å². The van der Waals surface area contributed by atoms with Crippen LogP contribution in [0.1, 0.15) is 20.3 Å². The van der Waals surface area contributed by atoms with E-state index in [0.717, 1.165) is 29.9 Å². The number of hydrogen-bond donors (Lipinski definition) is 1. The minimum absolute atomic E-state index is 0.0507. The largest absolute Gasteiger partial charge is 0.354 e. The van der Waals surface area contributed by atoms with Gasteiger partial charge < -0.3 is 14.8 Å². The van der Waals surface area contributed by atoms with Crippen molar-refractivity contribution in [1.29, 1.82) is 5.26 Å². The van der Waals surface area contributed by atoms with Crippen molar-refractivity contribution in [1.82, 2.24) is 19.9 Å². The number of carbonyl (C=O) groups excluding carboxylic acids is 1. The Morgan fingerprint density at radius 1 is 1.57 bits per heavy atom. The van der Waals surface area contributed by atoms with Gasteiger partial charge in [0.2, 0.25) is 5.91 Å². The highest BCUT2D eigenvalue weighted by molar-refractivity contribution is 5.87. The molecule has 1 N–H and O–H groups in total. The third-order valence-corrected chi connectivity index (χ3v) is 4.51. The lowest BCUT2D eigenvalue weighted by atomic mass is 9.89. The fourth-order valence-electron chi connectivity index (χ4n) is 3.17. The molecule has 0 aliphatic carbocycles. The van der Waals surface area contributed by atoms with E-state index < -0.39 is 0 Å². The summed E-state index contributed by atoms with van der Waals surface area (Å²) >= 11 is 0. The average molecular weight is 312 g/mol. The molecule has 7 nitrogen and oxygen atoms in total. The Bertz CT molecular complexity index is 748. The number of aromatic amines is 1. The fraction of sp³-hybridized carbons (Fsp3) is 0.500. The SMILES string of the molecule is CCN(C[C@H]1[C@@H](C)CN1C(=O)CC#N)c1ncnc2[nH]ccc12. The number of anilines is 1. The van der Waals surface area contributed by atoms with Gasteiger partial charge in [-0.3, -0.25) is 4.79 Å². The number of likely N-dealkylation sites (tertiary alicyclic amines) is 1. The molecule has 1 amide bonds. The van der Waals surface area contributed by atoms with Crippen LogP contribution in [0, 0.1) is 17.2 Å². The molecule has 1 saturated heterocycles. The van der Waals surface area contributed by atoms with Crippen LogP contribution in [0.15, 0.2) is 18.6 Å². The summed E-state index contributed by atoms with van der Waals surface area (Å²) in [5, 5.41) is 9.71. The minimum atomic E-state index is -0.0823. The molecule has 0 bridgehead atoms. The Labute approximate surface area is 134 Å². The van der Waals surface area contributed by atoms with Gasteiger partial charge in [0, 0.05) is 25.8 Å². The predicted molar refractivity (Wildman–Crippen MR) is 86.7 cm³/mol. The molecule has 0 radical (unpaired) electrons. The molecule has 2 atom stereocenters. The lowest BCUT2D eigenvalue weighted by Gasteiger charge is -2.48. The molecule has 3 heterocycles. The number of likely N-dealkylation sites (N-methyl/N-ethyl adjacent to an activating group) is 1. The smallest absolute Gasteiger partial charge is 0.237 e. The molecule has 1 aliphatic heterocycles. The van der Waals surface area contributed by atoms with Gasteiger partial charge in [-0.25, -0.2) is 9.97 Å². The second-order valence-electron chi connectivity index (χ2n) is 5.90. The van der Waals surface area contributed by atoms with E-state index in [4.69, 9.17) is 5.26 Å². The minimum Gasteiger partial charge on any atom is -0.354 e. The third-order valence-electron chi connectivity index (χ3n) is 4.51. The van der Waals surface area contributed by atoms with Crippen molar-refractivity contribution in [3.05, 3.63) is 18.6 Å². The van der Waals surface area contributed by atoms with Crippen LogP contribution >= 0.6 is 0 Å². The van der Waals surface area contributed by atoms with Gasteiger partial charge in [0.25, 0.3) is 0 Å². The van der Waals surface area contributed by atoms with Crippen LogP contribution in [-0.2, 0) is 4.79 Å². The van der Waals surface area contributed by atoms with Crippen LogP contribution in [0.25, 0.3) is 11.0 Å². The van der Waals surface area contributed by atoms with Crippen molar-refractivity contribution in [2.24, 2.45) is 5.92 Å². The maximum absolute atomic E-state index is 12.0. The number of aromatic nitrogens is 3. The van der Waals surface area contributed by atoms with E-state index in [1.807, 2.05) is 23.2 Å². The van der Waals surface area contributed by atoms with Crippen molar-refractivity contribution in [3.8, 4) is 6.07 Å². The number of rotatable bonds is 5. The first kappa shape index (κ1) is 15.3. The quantitative estimate of drug-likeness (QED) is 0.904. The van der Waals surface area contributed by atoms with Gasteiger partial charge in [-0.05, 0) is 18.9 Å². The van der Waals surface area contributed by atoms with Gasteiger partial charge in [-0.1, -0.05) is 6.92 Å². The van der Waals surface area contributed by atoms with Crippen molar-refractivity contribution in [2.45, 2.75) is 26.3 Å². The molecule has 2 aromatic rings. The Morgan fingerprint density at radius 2 is 2.39 bits per heavy atom. The van der Waals surface area contributed by atoms with Gasteiger partial charge in [0.1, 0.15) is 24.2 Å². The molecule has 7 heteroatoms. The molecule has 0 saturated carbocycles. The lowest BCUT2D eigenvalue weighted by molar-refractivity contribution is -0.141. The lowest BCUT2D eigenvalue weighted by Crippen LogP contribution is -2.61. The summed E-state index contributed by atoms with van der Waals surface area (Å²) in [5.74, 6) is 1.22. The second kappa shape index (κ2) is 6.24. The summed E-state index contributed by atoms with van der Waals surface area (Å²) in [4.78, 5) is 27.7. The number of amides is 1. The van der Waals surface area contributed by atoms with E-state index in [1.165, 1.54) is 0 Å². The third kappa shape index (κ3) is 2.72. The van der Waals surface area contributed by atoms with Gasteiger partial charge in [-0.15, -0.1) is 0 Å². The first-order chi connectivity index (χ1) is 11.2. The Hall–Kier alpha value is -2.62. The maximum Gasteiger partial charge on any atom is 0.237 e. The summed E-state index contributed by atoms with van der Waals surface area (Å²) in [5.41, 5.74) is 0.813. The zero-order valence-electron chi connectivity index (χ0n) is 13.4. The second-order valence-corrected chi connectivity index (χ2v) is 5.90. The summed E-state index contributed by atoms with van der Waals surface area (Å²) in [6.45, 7) is 6.45. The monoisotopic (exact) mass is 312 g/mol. The molecule has 23 heavy (non-hydrogen) atoms. The zero-order chi connectivity index (χ0) is 16.4. The van der Waals surface area contributed by atoms with Crippen molar-refractivity contribution in [3.63, 3.8) is 0 Å². The number of nitrogens with zero attached hydrogens (tertiary/aromatic N) is 5. The van der Waals surface area contributed by atoms with Crippen LogP contribution < -0.4 is 4.90 Å².